The van der Waals surface area contributed by atoms with Crippen molar-refractivity contribution in [3.63, 3.8) is 0 Å². The maximum absolute atomic E-state index is 13.0. The van der Waals surface area contributed by atoms with Crippen molar-refractivity contribution in [1.82, 2.24) is 14.9 Å². The molecule has 0 spiro atoms. The van der Waals surface area contributed by atoms with Crippen molar-refractivity contribution in [2.24, 2.45) is 5.92 Å². The number of rotatable bonds is 6. The zero-order valence-corrected chi connectivity index (χ0v) is 21.0. The minimum atomic E-state index is -0.538. The lowest BCUT2D eigenvalue weighted by atomic mass is 9.85. The first-order chi connectivity index (χ1) is 17.8. The highest BCUT2D eigenvalue weighted by Crippen LogP contribution is 2.35. The molecule has 2 atom stereocenters. The van der Waals surface area contributed by atoms with Crippen LogP contribution in [0.1, 0.15) is 43.7 Å². The molecule has 196 valence electrons. The normalized spacial score (nSPS) is 23.6. The Morgan fingerprint density at radius 1 is 1.08 bits per heavy atom. The van der Waals surface area contributed by atoms with Gasteiger partial charge in [0.1, 0.15) is 5.75 Å². The number of aromatic amines is 1. The van der Waals surface area contributed by atoms with Crippen LogP contribution in [0.25, 0.3) is 11.0 Å². The number of methoxy groups -OCH3 is 1. The third-order valence-electron chi connectivity index (χ3n) is 7.54. The number of aliphatic hydroxyl groups excluding tert-OH is 1. The summed E-state index contributed by atoms with van der Waals surface area (Å²) in [4.78, 5) is 41.5. The van der Waals surface area contributed by atoms with Crippen LogP contribution in [0.4, 0.5) is 11.4 Å². The number of hydrogen-bond donors (Lipinski definition) is 5. The molecule has 1 aliphatic carbocycles. The van der Waals surface area contributed by atoms with Crippen molar-refractivity contribution in [3.05, 3.63) is 52.4 Å². The molecule has 0 unspecified atom stereocenters. The molecule has 2 aromatic carbocycles. The van der Waals surface area contributed by atoms with Gasteiger partial charge in [-0.25, -0.2) is 4.79 Å². The van der Waals surface area contributed by atoms with E-state index in [1.54, 1.807) is 17.7 Å². The highest BCUT2D eigenvalue weighted by atomic mass is 16.5. The zero-order valence-electron chi connectivity index (χ0n) is 21.0. The summed E-state index contributed by atoms with van der Waals surface area (Å²) in [7, 11) is 1.61. The Hall–Kier alpha value is -3.63. The van der Waals surface area contributed by atoms with Crippen LogP contribution in [0.2, 0.25) is 0 Å². The molecule has 0 bridgehead atoms. The molecule has 0 radical (unpaired) electrons. The van der Waals surface area contributed by atoms with Crippen LogP contribution in [0.15, 0.2) is 41.2 Å². The summed E-state index contributed by atoms with van der Waals surface area (Å²) in [5.74, 6) is 0.336. The van der Waals surface area contributed by atoms with Gasteiger partial charge in [0, 0.05) is 30.3 Å². The number of carbonyl (C=O) groups excluding carboxylic acids is 2. The Morgan fingerprint density at radius 3 is 2.57 bits per heavy atom. The molecule has 1 aromatic heterocycles. The van der Waals surface area contributed by atoms with E-state index < -0.39 is 12.1 Å². The summed E-state index contributed by atoms with van der Waals surface area (Å²) in [6.45, 7) is 2.34. The number of aryl methyl sites for hydroxylation is 1. The van der Waals surface area contributed by atoms with Gasteiger partial charge in [0.25, 0.3) is 0 Å². The molecule has 10 heteroatoms. The lowest BCUT2D eigenvalue weighted by Crippen LogP contribution is -2.35. The van der Waals surface area contributed by atoms with Gasteiger partial charge in [-0.15, -0.1) is 0 Å². The molecular weight excluding hydrogens is 474 g/mol. The number of anilines is 2. The van der Waals surface area contributed by atoms with Gasteiger partial charge in [-0.05, 0) is 62.8 Å². The number of nitrogens with one attached hydrogen (secondary N) is 4. The largest absolute Gasteiger partial charge is 0.496 e. The first-order valence-corrected chi connectivity index (χ1v) is 12.7. The summed E-state index contributed by atoms with van der Waals surface area (Å²) in [5.41, 5.74) is 3.31. The first-order valence-electron chi connectivity index (χ1n) is 12.7. The SMILES string of the molecule is COc1cc(NC(=O)C2CCC(n3c(=O)[nH]c4c(NC(=O)[C@@H]5C[C@@H](O)CN5)cccc43)CC2)ccc1C. The summed E-state index contributed by atoms with van der Waals surface area (Å²) in [5, 5.41) is 18.6. The average molecular weight is 508 g/mol. The Balaban J connectivity index is 1.26. The number of imidazole rings is 1. The van der Waals surface area contributed by atoms with Crippen molar-refractivity contribution in [2.75, 3.05) is 24.3 Å². The Morgan fingerprint density at radius 2 is 1.86 bits per heavy atom. The molecule has 10 nitrogen and oxygen atoms in total. The number of hydrogen-bond acceptors (Lipinski definition) is 6. The molecule has 2 heterocycles. The van der Waals surface area contributed by atoms with Crippen molar-refractivity contribution < 1.29 is 19.4 Å². The number of aliphatic hydroxyl groups is 1. The van der Waals surface area contributed by atoms with Crippen molar-refractivity contribution in [3.8, 4) is 5.75 Å². The van der Waals surface area contributed by atoms with Gasteiger partial charge in [0.15, 0.2) is 0 Å². The van der Waals surface area contributed by atoms with E-state index in [1.165, 1.54) is 0 Å². The van der Waals surface area contributed by atoms with Crippen LogP contribution in [0, 0.1) is 12.8 Å². The summed E-state index contributed by atoms with van der Waals surface area (Å²) < 4.78 is 7.10. The summed E-state index contributed by atoms with van der Waals surface area (Å²) >= 11 is 0. The van der Waals surface area contributed by atoms with Crippen LogP contribution in [-0.4, -0.2) is 52.3 Å². The van der Waals surface area contributed by atoms with Gasteiger partial charge >= 0.3 is 5.69 Å². The number of β-amino-alcohol motifs (C(OH)–C–C–N with tert-alkyl or cyclic N) is 1. The predicted molar refractivity (Wildman–Crippen MR) is 141 cm³/mol. The lowest BCUT2D eigenvalue weighted by molar-refractivity contribution is -0.121. The zero-order chi connectivity index (χ0) is 26.1. The number of carbonyl (C=O) groups is 2. The molecule has 5 rings (SSSR count). The fourth-order valence-corrected chi connectivity index (χ4v) is 5.49. The Kier molecular flexibility index (Phi) is 7.03. The second kappa shape index (κ2) is 10.4. The Labute approximate surface area is 214 Å². The van der Waals surface area contributed by atoms with Crippen molar-refractivity contribution >= 4 is 34.2 Å². The molecule has 2 amide bonds. The number of H-pyrrole nitrogens is 1. The van der Waals surface area contributed by atoms with Crippen LogP contribution >= 0.6 is 0 Å². The van der Waals surface area contributed by atoms with Gasteiger partial charge < -0.3 is 30.8 Å². The molecular formula is C27H33N5O5. The molecule has 3 aromatic rings. The van der Waals surface area contributed by atoms with E-state index in [2.05, 4.69) is 20.9 Å². The third kappa shape index (κ3) is 5.12. The number of ether oxygens (including phenoxy) is 1. The topological polar surface area (TPSA) is 137 Å². The highest BCUT2D eigenvalue weighted by molar-refractivity contribution is 6.02. The summed E-state index contributed by atoms with van der Waals surface area (Å²) in [6.07, 6.45) is 2.55. The van der Waals surface area contributed by atoms with Gasteiger partial charge in [-0.2, -0.15) is 0 Å². The number of nitrogens with zero attached hydrogens (tertiary/aromatic N) is 1. The second-order valence-electron chi connectivity index (χ2n) is 10.0. The standard InChI is InChI=1S/C27H33N5O5/c1-15-6-9-17(12-23(15)37-2)29-25(34)16-7-10-18(11-8-16)32-22-5-3-4-20(24(22)31-27(32)36)30-26(35)21-13-19(33)14-28-21/h3-6,9,12,16,18-19,21,28,33H,7-8,10-11,13-14H2,1-2H3,(H,29,34)(H,30,35)(H,31,36)/t16?,18?,19-,21+/m1/s1. The molecule has 2 aliphatic rings. The fourth-order valence-electron chi connectivity index (χ4n) is 5.49. The first kappa shape index (κ1) is 25.0. The van der Waals surface area contributed by atoms with E-state index in [0.29, 0.717) is 55.5 Å². The predicted octanol–water partition coefficient (Wildman–Crippen LogP) is 2.68. The molecule has 5 N–H and O–H groups in total. The number of amides is 2. The van der Waals surface area contributed by atoms with Gasteiger partial charge in [0.2, 0.25) is 11.8 Å². The lowest BCUT2D eigenvalue weighted by Gasteiger charge is -2.28. The number of aromatic nitrogens is 2. The third-order valence-corrected chi connectivity index (χ3v) is 7.54. The molecule has 1 saturated heterocycles. The van der Waals surface area contributed by atoms with E-state index in [1.807, 2.05) is 37.3 Å². The molecule has 2 fully saturated rings. The minimum Gasteiger partial charge on any atom is -0.496 e. The van der Waals surface area contributed by atoms with Crippen LogP contribution in [0.5, 0.6) is 5.75 Å². The quantitative estimate of drug-likeness (QED) is 0.348. The van der Waals surface area contributed by atoms with Gasteiger partial charge in [0.05, 0.1) is 36.0 Å². The van der Waals surface area contributed by atoms with Crippen LogP contribution in [0.3, 0.4) is 0 Å². The van der Waals surface area contributed by atoms with Gasteiger partial charge in [-0.3, -0.25) is 14.2 Å². The second-order valence-corrected chi connectivity index (χ2v) is 10.0. The van der Waals surface area contributed by atoms with E-state index in [0.717, 1.165) is 16.8 Å². The van der Waals surface area contributed by atoms with E-state index >= 15 is 0 Å². The average Bonchev–Trinajstić information content (AvgIpc) is 3.48. The number of para-hydroxylation sites is 1. The van der Waals surface area contributed by atoms with E-state index in [9.17, 15) is 19.5 Å². The van der Waals surface area contributed by atoms with E-state index in [-0.39, 0.29) is 29.5 Å². The van der Waals surface area contributed by atoms with Crippen molar-refractivity contribution in [1.29, 1.82) is 0 Å². The van der Waals surface area contributed by atoms with Crippen LogP contribution in [-0.2, 0) is 9.59 Å². The monoisotopic (exact) mass is 507 g/mol. The van der Waals surface area contributed by atoms with Crippen LogP contribution < -0.4 is 26.4 Å². The van der Waals surface area contributed by atoms with Gasteiger partial charge in [-0.1, -0.05) is 12.1 Å². The number of benzene rings is 2. The maximum atomic E-state index is 13.0. The maximum Gasteiger partial charge on any atom is 0.326 e. The highest BCUT2D eigenvalue weighted by Gasteiger charge is 2.31. The fraction of sp³-hybridized carbons (Fsp3) is 0.444. The van der Waals surface area contributed by atoms with E-state index in [4.69, 9.17) is 4.74 Å². The molecule has 1 aliphatic heterocycles. The minimum absolute atomic E-state index is 0.0220. The Bertz CT molecular complexity index is 1370. The molecule has 1 saturated carbocycles. The number of fused-ring (bicyclic) bond motifs is 1. The van der Waals surface area contributed by atoms with Crippen molar-refractivity contribution in [2.45, 2.75) is 57.2 Å². The smallest absolute Gasteiger partial charge is 0.326 e. The molecule has 37 heavy (non-hydrogen) atoms. The summed E-state index contributed by atoms with van der Waals surface area (Å²) in [6, 6.07) is 10.5.